The highest BCUT2D eigenvalue weighted by atomic mass is 19.1. The summed E-state index contributed by atoms with van der Waals surface area (Å²) in [6.45, 7) is 2.58. The van der Waals surface area contributed by atoms with E-state index >= 15 is 0 Å². The number of benzene rings is 1. The van der Waals surface area contributed by atoms with Crippen LogP contribution in [0.5, 0.6) is 5.75 Å². The van der Waals surface area contributed by atoms with Gasteiger partial charge in [0, 0.05) is 24.0 Å². The molecule has 28 heavy (non-hydrogen) atoms. The fraction of sp³-hybridized carbons (Fsp3) is 0.429. The molecule has 1 saturated heterocycles. The van der Waals surface area contributed by atoms with E-state index in [1.165, 1.54) is 38.2 Å². The summed E-state index contributed by atoms with van der Waals surface area (Å²) in [4.78, 5) is 27.1. The van der Waals surface area contributed by atoms with Gasteiger partial charge in [0.15, 0.2) is 5.75 Å². The van der Waals surface area contributed by atoms with Crippen LogP contribution in [0.15, 0.2) is 41.3 Å². The molecule has 150 valence electrons. The van der Waals surface area contributed by atoms with E-state index in [0.717, 1.165) is 31.6 Å². The summed E-state index contributed by atoms with van der Waals surface area (Å²) in [5.41, 5.74) is 0.961. The van der Waals surface area contributed by atoms with Gasteiger partial charge in [0.05, 0.1) is 13.3 Å². The van der Waals surface area contributed by atoms with E-state index in [1.807, 2.05) is 0 Å². The lowest BCUT2D eigenvalue weighted by Gasteiger charge is -2.23. The van der Waals surface area contributed by atoms with Gasteiger partial charge in [-0.1, -0.05) is 18.9 Å². The molecule has 2 aromatic rings. The van der Waals surface area contributed by atoms with E-state index in [-0.39, 0.29) is 23.6 Å². The molecule has 0 radical (unpaired) electrons. The zero-order valence-corrected chi connectivity index (χ0v) is 16.1. The second-order valence-corrected chi connectivity index (χ2v) is 7.07. The molecule has 1 aliphatic rings. The van der Waals surface area contributed by atoms with Gasteiger partial charge >= 0.3 is 0 Å². The Hall–Kier alpha value is -2.67. The lowest BCUT2D eigenvalue weighted by Crippen LogP contribution is -2.29. The predicted molar refractivity (Wildman–Crippen MR) is 106 cm³/mol. The van der Waals surface area contributed by atoms with Crippen LogP contribution in [0.4, 0.5) is 10.1 Å². The number of nitrogens with zero attached hydrogens (tertiary/aromatic N) is 2. The van der Waals surface area contributed by atoms with Gasteiger partial charge in [0.25, 0.3) is 0 Å². The Kier molecular flexibility index (Phi) is 6.81. The van der Waals surface area contributed by atoms with Crippen LogP contribution in [-0.4, -0.2) is 35.6 Å². The fourth-order valence-corrected chi connectivity index (χ4v) is 3.48. The molecule has 3 rings (SSSR count). The van der Waals surface area contributed by atoms with Crippen molar-refractivity contribution in [1.29, 1.82) is 0 Å². The number of methoxy groups -OCH3 is 1. The van der Waals surface area contributed by atoms with Gasteiger partial charge in [-0.15, -0.1) is 0 Å². The quantitative estimate of drug-likeness (QED) is 0.828. The number of carbonyl (C=O) groups excluding carboxylic acids is 1. The maximum atomic E-state index is 13.3. The van der Waals surface area contributed by atoms with Crippen LogP contribution < -0.4 is 15.5 Å². The Morgan fingerprint density at radius 2 is 1.93 bits per heavy atom. The molecule has 7 heteroatoms. The van der Waals surface area contributed by atoms with E-state index in [1.54, 1.807) is 22.9 Å². The Balaban J connectivity index is 1.79. The summed E-state index contributed by atoms with van der Waals surface area (Å²) >= 11 is 0. The molecule has 1 aromatic heterocycles. The van der Waals surface area contributed by atoms with Gasteiger partial charge in [-0.05, 0) is 44.1 Å². The molecule has 1 amide bonds. The molecule has 1 aromatic carbocycles. The van der Waals surface area contributed by atoms with Crippen LogP contribution >= 0.6 is 0 Å². The van der Waals surface area contributed by atoms with Crippen LogP contribution in [0, 0.1) is 5.82 Å². The minimum Gasteiger partial charge on any atom is -0.491 e. The Morgan fingerprint density at radius 1 is 1.18 bits per heavy atom. The molecular formula is C21H26FN3O3. The third-order valence-corrected chi connectivity index (χ3v) is 4.91. The molecule has 1 fully saturated rings. The molecule has 2 heterocycles. The smallest absolute Gasteiger partial charge is 0.244 e. The molecule has 6 nitrogen and oxygen atoms in total. The molecule has 0 aliphatic carbocycles. The number of nitrogens with one attached hydrogen (secondary N) is 1. The van der Waals surface area contributed by atoms with Crippen LogP contribution in [0.3, 0.4) is 0 Å². The average Bonchev–Trinajstić information content (AvgIpc) is 2.92. The molecule has 0 spiro atoms. The lowest BCUT2D eigenvalue weighted by atomic mass is 10.2. The highest BCUT2D eigenvalue weighted by Crippen LogP contribution is 2.15. The van der Waals surface area contributed by atoms with Crippen molar-refractivity contribution in [2.24, 2.45) is 0 Å². The predicted octanol–water partition coefficient (Wildman–Crippen LogP) is 3.01. The van der Waals surface area contributed by atoms with Crippen molar-refractivity contribution >= 4 is 11.6 Å². The highest BCUT2D eigenvalue weighted by molar-refractivity contribution is 5.90. The normalized spacial score (nSPS) is 15.1. The number of carbonyl (C=O) groups is 1. The monoisotopic (exact) mass is 387 g/mol. The Bertz CT molecular complexity index is 873. The highest BCUT2D eigenvalue weighted by Gasteiger charge is 2.15. The molecular weight excluding hydrogens is 361 g/mol. The van der Waals surface area contributed by atoms with Crippen molar-refractivity contribution in [1.82, 2.24) is 9.47 Å². The largest absolute Gasteiger partial charge is 0.491 e. The van der Waals surface area contributed by atoms with Gasteiger partial charge in [-0.3, -0.25) is 14.5 Å². The van der Waals surface area contributed by atoms with Crippen molar-refractivity contribution in [3.63, 3.8) is 0 Å². The zero-order valence-electron chi connectivity index (χ0n) is 16.1. The molecule has 1 N–H and O–H groups in total. The van der Waals surface area contributed by atoms with E-state index in [9.17, 15) is 14.0 Å². The van der Waals surface area contributed by atoms with Gasteiger partial charge in [-0.2, -0.15) is 0 Å². The van der Waals surface area contributed by atoms with Crippen molar-refractivity contribution in [3.05, 3.63) is 58.3 Å². The van der Waals surface area contributed by atoms with Crippen LogP contribution in [0.25, 0.3) is 0 Å². The van der Waals surface area contributed by atoms with Crippen LogP contribution in [-0.2, 0) is 17.9 Å². The summed E-state index contributed by atoms with van der Waals surface area (Å²) in [5, 5.41) is 2.69. The lowest BCUT2D eigenvalue weighted by molar-refractivity contribution is -0.116. The zero-order chi connectivity index (χ0) is 19.9. The molecule has 1 aliphatic heterocycles. The average molecular weight is 387 g/mol. The summed E-state index contributed by atoms with van der Waals surface area (Å²) in [5.74, 6) is -0.517. The maximum absolute atomic E-state index is 13.3. The van der Waals surface area contributed by atoms with Gasteiger partial charge < -0.3 is 14.6 Å². The SMILES string of the molecule is COc1cn(CC(=O)Nc2cccc(F)c2)c(CN2CCCCCC2)cc1=O. The second kappa shape index (κ2) is 9.50. The Morgan fingerprint density at radius 3 is 2.61 bits per heavy atom. The van der Waals surface area contributed by atoms with Crippen LogP contribution in [0.2, 0.25) is 0 Å². The van der Waals surface area contributed by atoms with Crippen LogP contribution in [0.1, 0.15) is 31.4 Å². The fourth-order valence-electron chi connectivity index (χ4n) is 3.48. The molecule has 0 unspecified atom stereocenters. The number of halogens is 1. The summed E-state index contributed by atoms with van der Waals surface area (Å²) in [6, 6.07) is 7.30. The first-order valence-corrected chi connectivity index (χ1v) is 9.60. The number of likely N-dealkylation sites (tertiary alicyclic amines) is 1. The number of anilines is 1. The summed E-state index contributed by atoms with van der Waals surface area (Å²) < 4.78 is 20.2. The van der Waals surface area contributed by atoms with Crippen molar-refractivity contribution < 1.29 is 13.9 Å². The number of aromatic nitrogens is 1. The minimum absolute atomic E-state index is 0.0102. The summed E-state index contributed by atoms with van der Waals surface area (Å²) in [6.07, 6.45) is 6.30. The van der Waals surface area contributed by atoms with Crippen molar-refractivity contribution in [3.8, 4) is 5.75 Å². The third kappa shape index (κ3) is 5.42. The number of rotatable bonds is 6. The van der Waals surface area contributed by atoms with E-state index in [2.05, 4.69) is 10.2 Å². The third-order valence-electron chi connectivity index (χ3n) is 4.91. The molecule has 0 bridgehead atoms. The Labute approximate surface area is 163 Å². The van der Waals surface area contributed by atoms with Gasteiger partial charge in [0.1, 0.15) is 12.4 Å². The number of amides is 1. The number of hydrogen-bond donors (Lipinski definition) is 1. The summed E-state index contributed by atoms with van der Waals surface area (Å²) in [7, 11) is 1.43. The first kappa shape index (κ1) is 20.1. The molecule has 0 atom stereocenters. The standard InChI is InChI=1S/C21H26FN3O3/c1-28-20-14-25(15-21(27)23-17-8-6-7-16(22)11-17)18(12-19(20)26)13-24-9-4-2-3-5-10-24/h6-8,11-12,14H,2-5,9-10,13,15H2,1H3,(H,23,27). The van der Waals surface area contributed by atoms with E-state index < -0.39 is 5.82 Å². The topological polar surface area (TPSA) is 63.6 Å². The first-order valence-electron chi connectivity index (χ1n) is 9.60. The van der Waals surface area contributed by atoms with Crippen molar-refractivity contribution in [2.45, 2.75) is 38.8 Å². The molecule has 0 saturated carbocycles. The van der Waals surface area contributed by atoms with Gasteiger partial charge in [-0.25, -0.2) is 4.39 Å². The number of pyridine rings is 1. The maximum Gasteiger partial charge on any atom is 0.244 e. The minimum atomic E-state index is -0.412. The first-order chi connectivity index (χ1) is 13.5. The number of hydrogen-bond acceptors (Lipinski definition) is 4. The number of ether oxygens (including phenoxy) is 1. The van der Waals surface area contributed by atoms with Crippen molar-refractivity contribution in [2.75, 3.05) is 25.5 Å². The van der Waals surface area contributed by atoms with E-state index in [4.69, 9.17) is 4.74 Å². The second-order valence-electron chi connectivity index (χ2n) is 7.07. The van der Waals surface area contributed by atoms with E-state index in [0.29, 0.717) is 12.2 Å². The van der Waals surface area contributed by atoms with Gasteiger partial charge in [0.2, 0.25) is 11.3 Å².